The maximum atomic E-state index is 13.5. The van der Waals surface area contributed by atoms with Gasteiger partial charge in [0.05, 0.1) is 32.4 Å². The summed E-state index contributed by atoms with van der Waals surface area (Å²) in [5.41, 5.74) is 8.29. The number of alkyl halides is 2. The number of hydrogen-bond donors (Lipinski definition) is 2. The highest BCUT2D eigenvalue weighted by atomic mass is 19.3. The standard InChI is InChI=1S/C26H28F2N8O3/c1-38-14-21-20(24(37)31-11-18-7-17-3-5-30-23(29)19(17)8-22(18)39-2)13-36(34-21)12-16-9-32-25(33-10-16)35-6-4-26(27,28)15-35/h3,5,7-10,13H,4,6,11-12,14-15H2,1-2H3,(H2,29,30)(H,31,37). The van der Waals surface area contributed by atoms with Gasteiger partial charge in [-0.2, -0.15) is 5.10 Å². The van der Waals surface area contributed by atoms with Gasteiger partial charge in [-0.1, -0.05) is 0 Å². The van der Waals surface area contributed by atoms with Gasteiger partial charge in [0.25, 0.3) is 11.8 Å². The molecule has 1 aliphatic heterocycles. The second-order valence-corrected chi connectivity index (χ2v) is 9.30. The fourth-order valence-electron chi connectivity index (χ4n) is 4.53. The number of ether oxygens (including phenoxy) is 2. The zero-order valence-corrected chi connectivity index (χ0v) is 21.5. The van der Waals surface area contributed by atoms with Crippen LogP contribution in [0, 0.1) is 0 Å². The molecule has 4 heterocycles. The predicted molar refractivity (Wildman–Crippen MR) is 140 cm³/mol. The number of aromatic nitrogens is 5. The van der Waals surface area contributed by atoms with Crippen LogP contribution < -0.4 is 20.7 Å². The van der Waals surface area contributed by atoms with E-state index in [-0.39, 0.29) is 51.1 Å². The Morgan fingerprint density at radius 3 is 2.69 bits per heavy atom. The van der Waals surface area contributed by atoms with Gasteiger partial charge in [-0.25, -0.2) is 23.7 Å². The molecule has 13 heteroatoms. The molecular formula is C26H28F2N8O3. The van der Waals surface area contributed by atoms with Gasteiger partial charge in [0, 0.05) is 67.9 Å². The van der Waals surface area contributed by atoms with Crippen molar-refractivity contribution in [2.45, 2.75) is 32.0 Å². The van der Waals surface area contributed by atoms with E-state index in [2.05, 4.69) is 25.4 Å². The molecule has 3 N–H and O–H groups in total. The summed E-state index contributed by atoms with van der Waals surface area (Å²) in [5, 5.41) is 9.07. The number of benzene rings is 1. The molecule has 11 nitrogen and oxygen atoms in total. The summed E-state index contributed by atoms with van der Waals surface area (Å²) < 4.78 is 39.4. The monoisotopic (exact) mass is 538 g/mol. The van der Waals surface area contributed by atoms with Gasteiger partial charge in [-0.15, -0.1) is 0 Å². The van der Waals surface area contributed by atoms with Crippen LogP contribution in [0.4, 0.5) is 20.5 Å². The minimum atomic E-state index is -2.73. The molecule has 0 radical (unpaired) electrons. The molecule has 4 aromatic rings. The van der Waals surface area contributed by atoms with Crippen molar-refractivity contribution in [1.29, 1.82) is 0 Å². The van der Waals surface area contributed by atoms with Crippen LogP contribution in [0.3, 0.4) is 0 Å². The van der Waals surface area contributed by atoms with E-state index in [0.29, 0.717) is 28.4 Å². The van der Waals surface area contributed by atoms with Crippen molar-refractivity contribution in [3.8, 4) is 5.75 Å². The molecule has 0 bridgehead atoms. The number of amides is 1. The molecular weight excluding hydrogens is 510 g/mol. The summed E-state index contributed by atoms with van der Waals surface area (Å²) in [6.07, 6.45) is 6.19. The molecule has 204 valence electrons. The van der Waals surface area contributed by atoms with Gasteiger partial charge in [0.2, 0.25) is 5.95 Å². The Morgan fingerprint density at radius 2 is 2.00 bits per heavy atom. The number of methoxy groups -OCH3 is 2. The van der Waals surface area contributed by atoms with Crippen molar-refractivity contribution in [2.75, 3.05) is 37.9 Å². The molecule has 3 aromatic heterocycles. The van der Waals surface area contributed by atoms with E-state index in [9.17, 15) is 13.6 Å². The van der Waals surface area contributed by atoms with Gasteiger partial charge < -0.3 is 25.4 Å². The van der Waals surface area contributed by atoms with E-state index in [4.69, 9.17) is 15.2 Å². The summed E-state index contributed by atoms with van der Waals surface area (Å²) in [6.45, 7) is 0.457. The fraction of sp³-hybridized carbons (Fsp3) is 0.346. The zero-order valence-electron chi connectivity index (χ0n) is 21.5. The molecule has 0 atom stereocenters. The third kappa shape index (κ3) is 5.72. The number of nitrogens with zero attached hydrogens (tertiary/aromatic N) is 6. The van der Waals surface area contributed by atoms with Gasteiger partial charge in [0.1, 0.15) is 17.3 Å². The van der Waals surface area contributed by atoms with Crippen molar-refractivity contribution >= 4 is 28.4 Å². The second-order valence-electron chi connectivity index (χ2n) is 9.30. The molecule has 1 aromatic carbocycles. The van der Waals surface area contributed by atoms with Crippen LogP contribution in [0.15, 0.2) is 43.0 Å². The van der Waals surface area contributed by atoms with Crippen LogP contribution in [0.5, 0.6) is 5.75 Å². The predicted octanol–water partition coefficient (Wildman–Crippen LogP) is 2.78. The molecule has 1 aliphatic rings. The number of carbonyl (C=O) groups is 1. The molecule has 1 fully saturated rings. The Balaban J connectivity index is 1.29. The van der Waals surface area contributed by atoms with Gasteiger partial charge in [0.15, 0.2) is 0 Å². The molecule has 0 aliphatic carbocycles. The van der Waals surface area contributed by atoms with Crippen molar-refractivity contribution in [2.24, 2.45) is 0 Å². The van der Waals surface area contributed by atoms with E-state index in [1.165, 1.54) is 12.0 Å². The van der Waals surface area contributed by atoms with Crippen molar-refractivity contribution < 1.29 is 23.0 Å². The maximum absolute atomic E-state index is 13.5. The zero-order chi connectivity index (χ0) is 27.6. The van der Waals surface area contributed by atoms with E-state index in [0.717, 1.165) is 16.3 Å². The fourth-order valence-corrected chi connectivity index (χ4v) is 4.53. The number of nitrogens with two attached hydrogens (primary N) is 1. The maximum Gasteiger partial charge on any atom is 0.267 e. The quantitative estimate of drug-likeness (QED) is 0.330. The van der Waals surface area contributed by atoms with Gasteiger partial charge in [-0.3, -0.25) is 9.48 Å². The van der Waals surface area contributed by atoms with Gasteiger partial charge in [-0.05, 0) is 23.6 Å². The van der Waals surface area contributed by atoms with E-state index in [1.54, 1.807) is 42.6 Å². The average Bonchev–Trinajstić information content (AvgIpc) is 3.49. The number of nitrogens with one attached hydrogen (secondary N) is 1. The van der Waals surface area contributed by atoms with Crippen LogP contribution in [-0.2, 0) is 24.4 Å². The van der Waals surface area contributed by atoms with Crippen molar-refractivity contribution in [1.82, 2.24) is 30.0 Å². The average molecular weight is 539 g/mol. The molecule has 39 heavy (non-hydrogen) atoms. The summed E-state index contributed by atoms with van der Waals surface area (Å²) in [7, 11) is 3.08. The molecule has 0 unspecified atom stereocenters. The Labute approximate surface area is 223 Å². The highest BCUT2D eigenvalue weighted by Gasteiger charge is 2.39. The minimum Gasteiger partial charge on any atom is -0.496 e. The molecule has 1 amide bonds. The first-order valence-corrected chi connectivity index (χ1v) is 12.2. The molecule has 5 rings (SSSR count). The lowest BCUT2D eigenvalue weighted by molar-refractivity contribution is 0.0256. The lowest BCUT2D eigenvalue weighted by Crippen LogP contribution is -2.26. The van der Waals surface area contributed by atoms with Crippen LogP contribution in [0.25, 0.3) is 10.8 Å². The number of nitrogen functional groups attached to an aromatic ring is 1. The molecule has 0 spiro atoms. The first-order valence-electron chi connectivity index (χ1n) is 12.2. The third-order valence-corrected chi connectivity index (χ3v) is 6.49. The second kappa shape index (κ2) is 10.8. The van der Waals surface area contributed by atoms with E-state index >= 15 is 0 Å². The Hall–Kier alpha value is -4.39. The highest BCUT2D eigenvalue weighted by Crippen LogP contribution is 2.30. The highest BCUT2D eigenvalue weighted by molar-refractivity contribution is 5.95. The smallest absolute Gasteiger partial charge is 0.267 e. The third-order valence-electron chi connectivity index (χ3n) is 6.49. The van der Waals surface area contributed by atoms with Crippen LogP contribution in [-0.4, -0.2) is 63.9 Å². The van der Waals surface area contributed by atoms with Gasteiger partial charge >= 0.3 is 0 Å². The summed E-state index contributed by atoms with van der Waals surface area (Å²) in [6, 6.07) is 5.54. The first kappa shape index (κ1) is 26.2. The summed E-state index contributed by atoms with van der Waals surface area (Å²) >= 11 is 0. The Morgan fingerprint density at radius 1 is 1.21 bits per heavy atom. The minimum absolute atomic E-state index is 0.139. The summed E-state index contributed by atoms with van der Waals surface area (Å²) in [5.74, 6) is -1.81. The number of anilines is 2. The number of pyridine rings is 1. The van der Waals surface area contributed by atoms with E-state index < -0.39 is 5.92 Å². The first-order chi connectivity index (χ1) is 18.8. The van der Waals surface area contributed by atoms with Crippen LogP contribution >= 0.6 is 0 Å². The Kier molecular flexibility index (Phi) is 7.24. The number of rotatable bonds is 9. The van der Waals surface area contributed by atoms with Crippen LogP contribution in [0.2, 0.25) is 0 Å². The largest absolute Gasteiger partial charge is 0.496 e. The number of fused-ring (bicyclic) bond motifs is 1. The molecule has 0 saturated carbocycles. The normalized spacial score (nSPS) is 14.6. The van der Waals surface area contributed by atoms with E-state index in [1.807, 2.05) is 12.1 Å². The Bertz CT molecular complexity index is 1490. The van der Waals surface area contributed by atoms with Crippen molar-refractivity contribution in [3.05, 3.63) is 65.4 Å². The lowest BCUT2D eigenvalue weighted by atomic mass is 10.1. The lowest BCUT2D eigenvalue weighted by Gasteiger charge is -2.15. The number of carbonyl (C=O) groups excluding carboxylic acids is 1. The number of hydrogen-bond acceptors (Lipinski definition) is 9. The SMILES string of the molecule is COCc1nn(Cc2cnc(N3CCC(F)(F)C3)nc2)cc1C(=O)NCc1cc2ccnc(N)c2cc1OC. The summed E-state index contributed by atoms with van der Waals surface area (Å²) in [4.78, 5) is 27.2. The number of halogens is 2. The molecule has 1 saturated heterocycles. The van der Waals surface area contributed by atoms with Crippen LogP contribution in [0.1, 0.15) is 33.6 Å². The van der Waals surface area contributed by atoms with Crippen molar-refractivity contribution in [3.63, 3.8) is 0 Å². The topological polar surface area (TPSA) is 133 Å².